The van der Waals surface area contributed by atoms with Gasteiger partial charge in [0.25, 0.3) is 5.91 Å². The Balaban J connectivity index is 1.18. The second-order valence-corrected chi connectivity index (χ2v) is 20.5. The van der Waals surface area contributed by atoms with E-state index < -0.39 is 62.8 Å². The van der Waals surface area contributed by atoms with Crippen molar-refractivity contribution in [3.63, 3.8) is 0 Å². The van der Waals surface area contributed by atoms with Crippen LogP contribution in [0.1, 0.15) is 109 Å². The Morgan fingerprint density at radius 2 is 1.70 bits per heavy atom. The van der Waals surface area contributed by atoms with Crippen LogP contribution in [0.3, 0.4) is 0 Å². The van der Waals surface area contributed by atoms with Crippen LogP contribution in [-0.4, -0.2) is 91.4 Å². The molecule has 0 unspecified atom stereocenters. The van der Waals surface area contributed by atoms with Crippen molar-refractivity contribution < 1.29 is 41.8 Å². The van der Waals surface area contributed by atoms with E-state index in [9.17, 15) is 27.6 Å². The van der Waals surface area contributed by atoms with E-state index in [0.29, 0.717) is 61.2 Å². The minimum absolute atomic E-state index is 0.0172. The number of carbonyl (C=O) groups is 4. The van der Waals surface area contributed by atoms with Crippen LogP contribution in [0.25, 0.3) is 22.2 Å². The van der Waals surface area contributed by atoms with Gasteiger partial charge in [-0.2, -0.15) is 0 Å². The standard InChI is InChI=1S/C46H59N5O9S/c1-45(2)21-13-12-16-30-22-34-37(25-39(30)58-3)47-36(29-14-8-7-9-15-29)24-40(34)60-32-23-38-41(52)49-46(43(54)50-61(56,57)33-19-20-33)26-31(46)17-10-5-4-6-11-18-35(42(53)51(38)27-32)48-44(55)59-28-45/h7-9,14-15,22,24-25,31-33,35,38H,4-6,10-13,16-21,23,26-28H2,1-3H3,(H,48,55)(H,49,52)(H,50,54)/t31-,32+,35-,38-,46+/m0/s1. The number of aryl methyl sites for hydroxylation is 1. The lowest BCUT2D eigenvalue weighted by atomic mass is 9.87. The van der Waals surface area contributed by atoms with Crippen molar-refractivity contribution in [1.29, 1.82) is 0 Å². The average molecular weight is 858 g/mol. The van der Waals surface area contributed by atoms with Gasteiger partial charge in [-0.05, 0) is 74.3 Å². The molecule has 3 aromatic rings. The molecule has 0 radical (unpaired) electrons. The first kappa shape index (κ1) is 42.8. The number of methoxy groups -OCH3 is 1. The highest BCUT2D eigenvalue weighted by Gasteiger charge is 2.62. The van der Waals surface area contributed by atoms with Crippen molar-refractivity contribution in [3.8, 4) is 22.8 Å². The number of sulfonamides is 1. The lowest BCUT2D eigenvalue weighted by Crippen LogP contribution is -2.58. The maximum Gasteiger partial charge on any atom is 0.407 e. The normalized spacial score (nSPS) is 27.7. The van der Waals surface area contributed by atoms with Crippen molar-refractivity contribution in [2.24, 2.45) is 11.3 Å². The Hall–Kier alpha value is -4.92. The maximum atomic E-state index is 14.8. The molecule has 1 aromatic heterocycles. The smallest absolute Gasteiger partial charge is 0.407 e. The molecule has 5 atom stereocenters. The fourth-order valence-electron chi connectivity index (χ4n) is 9.38. The number of benzene rings is 2. The number of nitrogens with one attached hydrogen (secondary N) is 3. The number of hydrogen-bond acceptors (Lipinski definition) is 10. The van der Waals surface area contributed by atoms with Crippen LogP contribution in [0.2, 0.25) is 0 Å². The quantitative estimate of drug-likeness (QED) is 0.262. The molecule has 0 spiro atoms. The van der Waals surface area contributed by atoms with Crippen molar-refractivity contribution >= 4 is 44.7 Å². The van der Waals surface area contributed by atoms with E-state index in [2.05, 4.69) is 35.3 Å². The number of pyridine rings is 1. The van der Waals surface area contributed by atoms with Crippen LogP contribution in [0.5, 0.6) is 11.5 Å². The SMILES string of the molecule is COc1cc2nc(-c3ccccc3)cc3c2cc1CCCCC(C)(C)COC(=O)N[C@H]1CCCCCCC[C@H]2C[C@@]2(C(=O)NS(=O)(=O)C2CC2)NC(=O)[C@@H]2C[C@H](CN2C1=O)O3. The zero-order chi connectivity index (χ0) is 42.9. The molecule has 4 amide bonds. The van der Waals surface area contributed by atoms with E-state index in [0.717, 1.165) is 67.9 Å². The number of rotatable bonds is 5. The zero-order valence-electron chi connectivity index (χ0n) is 35.5. The van der Waals surface area contributed by atoms with Gasteiger partial charge in [0, 0.05) is 29.5 Å². The Morgan fingerprint density at radius 1 is 0.951 bits per heavy atom. The van der Waals surface area contributed by atoms with Gasteiger partial charge in [-0.1, -0.05) is 82.7 Å². The predicted molar refractivity (Wildman–Crippen MR) is 229 cm³/mol. The molecule has 5 aliphatic rings. The highest BCUT2D eigenvalue weighted by molar-refractivity contribution is 7.91. The molecule has 2 aromatic carbocycles. The molecule has 3 aliphatic heterocycles. The van der Waals surface area contributed by atoms with Gasteiger partial charge in [0.05, 0.1) is 36.7 Å². The lowest BCUT2D eigenvalue weighted by molar-refractivity contribution is -0.141. The van der Waals surface area contributed by atoms with E-state index >= 15 is 0 Å². The molecule has 328 valence electrons. The number of fused-ring (bicyclic) bond motifs is 4. The summed E-state index contributed by atoms with van der Waals surface area (Å²) in [7, 11) is -2.24. The molecule has 2 aliphatic carbocycles. The van der Waals surface area contributed by atoms with Crippen molar-refractivity contribution in [3.05, 3.63) is 54.1 Å². The van der Waals surface area contributed by atoms with Gasteiger partial charge in [0.15, 0.2) is 0 Å². The minimum atomic E-state index is -3.88. The number of amides is 4. The van der Waals surface area contributed by atoms with Gasteiger partial charge >= 0.3 is 6.09 Å². The highest BCUT2D eigenvalue weighted by atomic mass is 32.2. The van der Waals surface area contributed by atoms with Gasteiger partial charge < -0.3 is 29.7 Å². The number of alkyl carbamates (subject to hydrolysis) is 1. The number of hydrogen-bond donors (Lipinski definition) is 3. The highest BCUT2D eigenvalue weighted by Crippen LogP contribution is 2.48. The van der Waals surface area contributed by atoms with Gasteiger partial charge in [0.2, 0.25) is 21.8 Å². The fourth-order valence-corrected chi connectivity index (χ4v) is 10.7. The first-order valence-corrected chi connectivity index (χ1v) is 23.7. The molecule has 2 saturated carbocycles. The predicted octanol–water partition coefficient (Wildman–Crippen LogP) is 6.33. The number of aromatic nitrogens is 1. The van der Waals surface area contributed by atoms with Gasteiger partial charge in [-0.25, -0.2) is 18.2 Å². The molecule has 14 nitrogen and oxygen atoms in total. The molecule has 5 bridgehead atoms. The second-order valence-electron chi connectivity index (χ2n) is 18.6. The first-order chi connectivity index (χ1) is 29.2. The first-order valence-electron chi connectivity index (χ1n) is 22.1. The van der Waals surface area contributed by atoms with Crippen molar-refractivity contribution in [2.75, 3.05) is 20.3 Å². The lowest BCUT2D eigenvalue weighted by Gasteiger charge is -2.30. The van der Waals surface area contributed by atoms with Gasteiger partial charge in [0.1, 0.15) is 35.2 Å². The number of cyclic esters (lactones) is 1. The molecule has 2 saturated heterocycles. The van der Waals surface area contributed by atoms with Crippen LogP contribution < -0.4 is 24.8 Å². The van der Waals surface area contributed by atoms with E-state index in [1.54, 1.807) is 7.11 Å². The van der Waals surface area contributed by atoms with E-state index in [4.69, 9.17) is 19.2 Å². The monoisotopic (exact) mass is 857 g/mol. The number of carbonyl (C=O) groups excluding carboxylic acids is 4. The van der Waals surface area contributed by atoms with E-state index in [1.807, 2.05) is 42.5 Å². The molecule has 15 heteroatoms. The molecule has 8 rings (SSSR count). The number of ether oxygens (including phenoxy) is 3. The third kappa shape index (κ3) is 9.61. The summed E-state index contributed by atoms with van der Waals surface area (Å²) in [5, 5.41) is 6.00. The van der Waals surface area contributed by atoms with Crippen molar-refractivity contribution in [1.82, 2.24) is 25.2 Å². The topological polar surface area (TPSA) is 182 Å². The van der Waals surface area contributed by atoms with E-state index in [1.165, 1.54) is 4.90 Å². The average Bonchev–Trinajstić information content (AvgIpc) is 4.17. The summed E-state index contributed by atoms with van der Waals surface area (Å²) in [5.41, 5.74) is 1.46. The summed E-state index contributed by atoms with van der Waals surface area (Å²) in [6.45, 7) is 4.29. The molecule has 61 heavy (non-hydrogen) atoms. The van der Waals surface area contributed by atoms with Gasteiger partial charge in [-0.15, -0.1) is 0 Å². The summed E-state index contributed by atoms with van der Waals surface area (Å²) in [6, 6.07) is 13.6. The molecule has 4 fully saturated rings. The van der Waals surface area contributed by atoms with Crippen LogP contribution in [0.4, 0.5) is 4.79 Å². The molecular formula is C46H59N5O9S. The Morgan fingerprint density at radius 3 is 2.46 bits per heavy atom. The summed E-state index contributed by atoms with van der Waals surface area (Å²) in [5.74, 6) is -0.755. The second kappa shape index (κ2) is 17.5. The summed E-state index contributed by atoms with van der Waals surface area (Å²) in [6.07, 6.45) is 8.30. The van der Waals surface area contributed by atoms with Crippen molar-refractivity contribution in [2.45, 2.75) is 139 Å². The van der Waals surface area contributed by atoms with Crippen LogP contribution >= 0.6 is 0 Å². The maximum absolute atomic E-state index is 14.8. The third-order valence-electron chi connectivity index (χ3n) is 13.2. The molecule has 4 heterocycles. The molecule has 3 N–H and O–H groups in total. The Labute approximate surface area is 358 Å². The van der Waals surface area contributed by atoms with E-state index in [-0.39, 0.29) is 30.9 Å². The summed E-state index contributed by atoms with van der Waals surface area (Å²) >= 11 is 0. The Kier molecular flexibility index (Phi) is 12.2. The summed E-state index contributed by atoms with van der Waals surface area (Å²) in [4.78, 5) is 63.4. The number of nitrogens with zero attached hydrogens (tertiary/aromatic N) is 2. The van der Waals surface area contributed by atoms with Gasteiger partial charge in [-0.3, -0.25) is 19.1 Å². The van der Waals surface area contributed by atoms with Crippen LogP contribution in [0, 0.1) is 11.3 Å². The molecular weight excluding hydrogens is 799 g/mol. The van der Waals surface area contributed by atoms with Crippen LogP contribution in [-0.2, 0) is 35.6 Å². The van der Waals surface area contributed by atoms with Crippen LogP contribution in [0.15, 0.2) is 48.5 Å². The zero-order valence-corrected chi connectivity index (χ0v) is 36.3. The summed E-state index contributed by atoms with van der Waals surface area (Å²) < 4.78 is 46.8. The fraction of sp³-hybridized carbons (Fsp3) is 0.587. The Bertz CT molecular complexity index is 2270. The largest absolute Gasteiger partial charge is 0.496 e. The third-order valence-corrected chi connectivity index (χ3v) is 15.0. The minimum Gasteiger partial charge on any atom is -0.496 e.